The van der Waals surface area contributed by atoms with Gasteiger partial charge < -0.3 is 14.2 Å². The van der Waals surface area contributed by atoms with Crippen LogP contribution in [-0.2, 0) is 27.3 Å². The van der Waals surface area contributed by atoms with Crippen molar-refractivity contribution in [2.75, 3.05) is 39.5 Å². The van der Waals surface area contributed by atoms with Gasteiger partial charge in [-0.25, -0.2) is 12.7 Å². The van der Waals surface area contributed by atoms with Gasteiger partial charge in [0.2, 0.25) is 15.9 Å². The van der Waals surface area contributed by atoms with Gasteiger partial charge >= 0.3 is 0 Å². The molecule has 1 atom stereocenters. The summed E-state index contributed by atoms with van der Waals surface area (Å²) < 4.78 is 33.2. The number of aryl methyl sites for hydroxylation is 1. The van der Waals surface area contributed by atoms with Gasteiger partial charge in [0.05, 0.1) is 18.8 Å². The summed E-state index contributed by atoms with van der Waals surface area (Å²) in [5, 5.41) is 8.25. The maximum absolute atomic E-state index is 13.5. The lowest BCUT2D eigenvalue weighted by Gasteiger charge is -2.51. The second-order valence-corrected chi connectivity index (χ2v) is 11.2. The Kier molecular flexibility index (Phi) is 4.46. The van der Waals surface area contributed by atoms with E-state index < -0.39 is 15.4 Å². The van der Waals surface area contributed by atoms with Crippen LogP contribution in [0.4, 0.5) is 0 Å². The predicted octanol–water partition coefficient (Wildman–Crippen LogP) is 0.743. The maximum atomic E-state index is 13.5. The Morgan fingerprint density at radius 3 is 2.35 bits per heavy atom. The molecule has 2 aliphatic heterocycles. The summed E-state index contributed by atoms with van der Waals surface area (Å²) >= 11 is 0. The summed E-state index contributed by atoms with van der Waals surface area (Å²) in [6.07, 6.45) is 4.55. The fourth-order valence-corrected chi connectivity index (χ4v) is 6.19. The molecule has 3 aliphatic rings. The number of benzene rings is 1. The highest BCUT2D eigenvalue weighted by Crippen LogP contribution is 2.54. The summed E-state index contributed by atoms with van der Waals surface area (Å²) in [4.78, 5) is 15.4. The molecule has 1 saturated carbocycles. The molecule has 31 heavy (non-hydrogen) atoms. The van der Waals surface area contributed by atoms with Crippen LogP contribution >= 0.6 is 0 Å². The molecule has 0 bridgehead atoms. The molecule has 1 amide bonds. The van der Waals surface area contributed by atoms with E-state index >= 15 is 0 Å². The van der Waals surface area contributed by atoms with Gasteiger partial charge in [-0.15, -0.1) is 10.2 Å². The van der Waals surface area contributed by atoms with Crippen LogP contribution in [-0.4, -0.2) is 77.8 Å². The van der Waals surface area contributed by atoms with Crippen molar-refractivity contribution in [3.05, 3.63) is 42.0 Å². The average molecular weight is 446 g/mol. The van der Waals surface area contributed by atoms with Crippen LogP contribution in [0.1, 0.15) is 30.1 Å². The minimum Gasteiger partial charge on any atom is -0.497 e. The van der Waals surface area contributed by atoms with Gasteiger partial charge in [-0.3, -0.25) is 4.79 Å². The van der Waals surface area contributed by atoms with Crippen molar-refractivity contribution in [2.24, 2.45) is 12.5 Å². The lowest BCUT2D eigenvalue weighted by molar-refractivity contribution is -0.146. The SMILES string of the molecule is COc1ccc(C2(C(=O)N3CC4(C3)CN(S(C)(=O)=O)CC4c3nncn3C)CC2)cc1. The number of methoxy groups -OCH3 is 1. The first-order valence-electron chi connectivity index (χ1n) is 10.4. The van der Waals surface area contributed by atoms with E-state index in [1.165, 1.54) is 10.6 Å². The molecule has 2 aromatic rings. The van der Waals surface area contributed by atoms with Crippen molar-refractivity contribution in [1.82, 2.24) is 24.0 Å². The first-order valence-corrected chi connectivity index (χ1v) is 12.3. The molecule has 1 aliphatic carbocycles. The van der Waals surface area contributed by atoms with E-state index in [0.717, 1.165) is 30.0 Å². The largest absolute Gasteiger partial charge is 0.497 e. The monoisotopic (exact) mass is 445 g/mol. The van der Waals surface area contributed by atoms with Crippen LogP contribution in [0.25, 0.3) is 0 Å². The summed E-state index contributed by atoms with van der Waals surface area (Å²) in [6, 6.07) is 7.74. The van der Waals surface area contributed by atoms with Crippen LogP contribution in [0.2, 0.25) is 0 Å². The number of rotatable bonds is 5. The fraction of sp³-hybridized carbons (Fsp3) is 0.571. The number of hydrogen-bond acceptors (Lipinski definition) is 6. The van der Waals surface area contributed by atoms with E-state index in [-0.39, 0.29) is 17.2 Å². The van der Waals surface area contributed by atoms with Crippen LogP contribution in [0.5, 0.6) is 5.75 Å². The number of carbonyl (C=O) groups is 1. The standard InChI is InChI=1S/C21H27N5O4S/c1-24-14-22-23-18(24)17-10-26(31(3,28)29)13-20(17)11-25(12-20)19(27)21(8-9-21)15-4-6-16(30-2)7-5-15/h4-7,14,17H,8-13H2,1-3H3. The predicted molar refractivity (Wildman–Crippen MR) is 113 cm³/mol. The molecule has 9 nitrogen and oxygen atoms in total. The van der Waals surface area contributed by atoms with E-state index in [1.54, 1.807) is 13.4 Å². The van der Waals surface area contributed by atoms with Crippen molar-refractivity contribution >= 4 is 15.9 Å². The second kappa shape index (κ2) is 6.77. The molecule has 0 radical (unpaired) electrons. The number of amides is 1. The highest BCUT2D eigenvalue weighted by atomic mass is 32.2. The Morgan fingerprint density at radius 1 is 1.16 bits per heavy atom. The smallest absolute Gasteiger partial charge is 0.233 e. The molecule has 3 heterocycles. The third kappa shape index (κ3) is 3.15. The van der Waals surface area contributed by atoms with Crippen molar-refractivity contribution in [1.29, 1.82) is 0 Å². The van der Waals surface area contributed by atoms with Crippen molar-refractivity contribution in [3.63, 3.8) is 0 Å². The molecule has 1 unspecified atom stereocenters. The molecule has 166 valence electrons. The first-order chi connectivity index (χ1) is 14.7. The van der Waals surface area contributed by atoms with E-state index in [2.05, 4.69) is 10.2 Å². The molecular formula is C21H27N5O4S. The molecule has 1 aromatic carbocycles. The number of carbonyl (C=O) groups excluding carboxylic acids is 1. The topological polar surface area (TPSA) is 97.6 Å². The lowest BCUT2D eigenvalue weighted by Crippen LogP contribution is -2.63. The molecule has 2 saturated heterocycles. The highest BCUT2D eigenvalue weighted by molar-refractivity contribution is 7.88. The maximum Gasteiger partial charge on any atom is 0.233 e. The van der Waals surface area contributed by atoms with Gasteiger partial charge in [0, 0.05) is 44.6 Å². The van der Waals surface area contributed by atoms with E-state index in [9.17, 15) is 13.2 Å². The van der Waals surface area contributed by atoms with Crippen molar-refractivity contribution in [2.45, 2.75) is 24.2 Å². The molecule has 0 N–H and O–H groups in total. The molecular weight excluding hydrogens is 418 g/mol. The van der Waals surface area contributed by atoms with Gasteiger partial charge in [-0.05, 0) is 30.5 Å². The first kappa shape index (κ1) is 20.4. The summed E-state index contributed by atoms with van der Waals surface area (Å²) in [5.74, 6) is 1.59. The van der Waals surface area contributed by atoms with Crippen LogP contribution in [0, 0.1) is 5.41 Å². The zero-order valence-corrected chi connectivity index (χ0v) is 18.8. The van der Waals surface area contributed by atoms with Crippen molar-refractivity contribution < 1.29 is 17.9 Å². The van der Waals surface area contributed by atoms with Gasteiger partial charge in [-0.2, -0.15) is 0 Å². The number of hydrogen-bond donors (Lipinski definition) is 0. The van der Waals surface area contributed by atoms with Crippen LogP contribution in [0.15, 0.2) is 30.6 Å². The van der Waals surface area contributed by atoms with Crippen LogP contribution in [0.3, 0.4) is 0 Å². The highest BCUT2D eigenvalue weighted by Gasteiger charge is 2.62. The molecule has 1 aromatic heterocycles. The number of aromatic nitrogens is 3. The third-order valence-corrected chi connectivity index (χ3v) is 8.46. The molecule has 10 heteroatoms. The third-order valence-electron chi connectivity index (χ3n) is 7.24. The quantitative estimate of drug-likeness (QED) is 0.674. The van der Waals surface area contributed by atoms with Crippen molar-refractivity contribution in [3.8, 4) is 5.75 Å². The number of sulfonamides is 1. The van der Waals surface area contributed by atoms with Gasteiger partial charge in [0.1, 0.15) is 17.9 Å². The number of likely N-dealkylation sites (tertiary alicyclic amines) is 1. The minimum atomic E-state index is -3.33. The van der Waals surface area contributed by atoms with Gasteiger partial charge in [0.15, 0.2) is 0 Å². The van der Waals surface area contributed by atoms with Gasteiger partial charge in [0.25, 0.3) is 0 Å². The normalized spacial score (nSPS) is 24.2. The zero-order valence-electron chi connectivity index (χ0n) is 18.0. The molecule has 5 rings (SSSR count). The molecule has 1 spiro atoms. The Hall–Kier alpha value is -2.46. The Balaban J connectivity index is 1.38. The summed E-state index contributed by atoms with van der Waals surface area (Å²) in [7, 11) is 0.169. The zero-order chi connectivity index (χ0) is 22.0. The summed E-state index contributed by atoms with van der Waals surface area (Å²) in [5.41, 5.74) is 0.243. The van der Waals surface area contributed by atoms with E-state index in [4.69, 9.17) is 4.74 Å². The van der Waals surface area contributed by atoms with E-state index in [1.807, 2.05) is 40.8 Å². The lowest BCUT2D eigenvalue weighted by atomic mass is 9.70. The Bertz CT molecular complexity index is 1120. The Labute approximate surface area is 182 Å². The summed E-state index contributed by atoms with van der Waals surface area (Å²) in [6.45, 7) is 1.85. The Morgan fingerprint density at radius 2 is 1.84 bits per heavy atom. The van der Waals surface area contributed by atoms with Gasteiger partial charge in [-0.1, -0.05) is 12.1 Å². The minimum absolute atomic E-state index is 0.0880. The fourth-order valence-electron chi connectivity index (χ4n) is 5.28. The molecule has 3 fully saturated rings. The number of ether oxygens (including phenoxy) is 1. The second-order valence-electron chi connectivity index (χ2n) is 9.24. The number of nitrogens with zero attached hydrogens (tertiary/aromatic N) is 5. The van der Waals surface area contributed by atoms with Crippen LogP contribution < -0.4 is 4.74 Å². The average Bonchev–Trinajstić information content (AvgIpc) is 3.25. The van der Waals surface area contributed by atoms with E-state index in [0.29, 0.717) is 26.2 Å².